The van der Waals surface area contributed by atoms with Crippen LogP contribution in [0.2, 0.25) is 0 Å². The standard InChI is InChI=1S/C6H5.O2P.Pd/c1-2-4-6-5-3-1;1-3-2;/h1-5H;;. The van der Waals surface area contributed by atoms with E-state index < -0.39 is 5.87 Å². The third kappa shape index (κ3) is 2.58. The van der Waals surface area contributed by atoms with Gasteiger partial charge in [0.1, 0.15) is 0 Å². The van der Waals surface area contributed by atoms with E-state index in [9.17, 15) is 9.13 Å². The summed E-state index contributed by atoms with van der Waals surface area (Å²) in [6.45, 7) is 0. The fourth-order valence-electron chi connectivity index (χ4n) is 0.517. The van der Waals surface area contributed by atoms with Crippen LogP contribution in [-0.4, -0.2) is 0 Å². The normalized spacial score (nSPS) is 9.60. The Kier molecular flexibility index (Phi) is 3.02. The maximum absolute atomic E-state index is 10.2. The molecule has 0 saturated carbocycles. The van der Waals surface area contributed by atoms with Gasteiger partial charge in [-0.15, -0.1) is 0 Å². The summed E-state index contributed by atoms with van der Waals surface area (Å²) < 4.78 is 21.4. The fourth-order valence-corrected chi connectivity index (χ4v) is 2.72. The molecule has 0 radical (unpaired) electrons. The molecule has 0 amide bonds. The van der Waals surface area contributed by atoms with Crippen LogP contribution in [0, 0.1) is 0 Å². The Hall–Kier alpha value is -0.218. The van der Waals surface area contributed by atoms with Crippen LogP contribution in [-0.2, 0) is 26.6 Å². The van der Waals surface area contributed by atoms with Gasteiger partial charge in [0.2, 0.25) is 0 Å². The number of hydrogen-bond donors (Lipinski definition) is 0. The molecule has 0 bridgehead atoms. The summed E-state index contributed by atoms with van der Waals surface area (Å²) in [5.74, 6) is -2.23. The van der Waals surface area contributed by atoms with Gasteiger partial charge in [0, 0.05) is 0 Å². The van der Waals surface area contributed by atoms with E-state index in [1.165, 1.54) is 0 Å². The van der Waals surface area contributed by atoms with Gasteiger partial charge < -0.3 is 0 Å². The van der Waals surface area contributed by atoms with Crippen LogP contribution in [0.4, 0.5) is 0 Å². The van der Waals surface area contributed by atoms with Crippen LogP contribution in [0.3, 0.4) is 0 Å². The van der Waals surface area contributed by atoms with Crippen molar-refractivity contribution in [3.63, 3.8) is 0 Å². The van der Waals surface area contributed by atoms with Gasteiger partial charge in [-0.25, -0.2) is 0 Å². The second kappa shape index (κ2) is 3.83. The van der Waals surface area contributed by atoms with Crippen molar-refractivity contribution in [2.45, 2.75) is 0 Å². The minimum absolute atomic E-state index is 0.273. The van der Waals surface area contributed by atoms with Crippen LogP contribution in [0.5, 0.6) is 0 Å². The molecule has 0 aliphatic heterocycles. The molecule has 1 aromatic rings. The van der Waals surface area contributed by atoms with Gasteiger partial charge in [-0.05, 0) is 0 Å². The van der Waals surface area contributed by atoms with E-state index >= 15 is 0 Å². The number of benzene rings is 1. The van der Waals surface area contributed by atoms with Gasteiger partial charge in [0.05, 0.1) is 0 Å². The van der Waals surface area contributed by atoms with E-state index in [1.54, 1.807) is 0 Å². The summed E-state index contributed by atoms with van der Waals surface area (Å²) in [5.41, 5.74) is 0. The van der Waals surface area contributed by atoms with Crippen molar-refractivity contribution in [1.29, 1.82) is 0 Å². The molecule has 0 N–H and O–H groups in total. The monoisotopic (exact) mass is 246 g/mol. The summed E-state index contributed by atoms with van der Waals surface area (Å²) in [4.78, 5) is 0. The first-order chi connectivity index (χ1) is 4.79. The van der Waals surface area contributed by atoms with Gasteiger partial charge in [-0.1, -0.05) is 0 Å². The van der Waals surface area contributed by atoms with Crippen LogP contribution in [0.15, 0.2) is 30.3 Å². The van der Waals surface area contributed by atoms with Crippen LogP contribution in [0.25, 0.3) is 0 Å². The predicted octanol–water partition coefficient (Wildman–Crippen LogP) is 1.48. The average molecular weight is 246 g/mol. The van der Waals surface area contributed by atoms with E-state index in [4.69, 9.17) is 0 Å². The quantitative estimate of drug-likeness (QED) is 0.585. The molecule has 0 aliphatic carbocycles. The molecule has 0 spiro atoms. The third-order valence-corrected chi connectivity index (χ3v) is 3.70. The van der Waals surface area contributed by atoms with E-state index in [2.05, 4.69) is 0 Å². The molecule has 4 heteroatoms. The first-order valence-corrected chi connectivity index (χ1v) is 6.45. The second-order valence-electron chi connectivity index (χ2n) is 1.52. The molecule has 0 aliphatic rings. The summed E-state index contributed by atoms with van der Waals surface area (Å²) in [5, 5.41) is 0. The molecule has 10 heavy (non-hydrogen) atoms. The summed E-state index contributed by atoms with van der Waals surface area (Å²) >= 11 is -0.273. The van der Waals surface area contributed by atoms with Crippen molar-refractivity contribution in [2.75, 3.05) is 0 Å². The van der Waals surface area contributed by atoms with E-state index in [1.807, 2.05) is 30.3 Å². The van der Waals surface area contributed by atoms with Crippen molar-refractivity contribution in [2.24, 2.45) is 0 Å². The third-order valence-electron chi connectivity index (χ3n) is 0.852. The van der Waals surface area contributed by atoms with Gasteiger partial charge >= 0.3 is 66.9 Å². The molecule has 0 saturated heterocycles. The van der Waals surface area contributed by atoms with Gasteiger partial charge in [-0.3, -0.25) is 0 Å². The van der Waals surface area contributed by atoms with Crippen molar-refractivity contribution >= 4 is 9.91 Å². The first-order valence-electron chi connectivity index (χ1n) is 2.58. The summed E-state index contributed by atoms with van der Waals surface area (Å²) in [7, 11) is 0. The molecular formula is C6H5O2PPd. The molecule has 1 aromatic carbocycles. The minimum atomic E-state index is -2.23. The zero-order valence-electron chi connectivity index (χ0n) is 4.97. The molecule has 0 aromatic heterocycles. The summed E-state index contributed by atoms with van der Waals surface area (Å²) in [6.07, 6.45) is 0. The Morgan fingerprint density at radius 3 is 2.20 bits per heavy atom. The Morgan fingerprint density at radius 1 is 1.10 bits per heavy atom. The number of hydrogen-bond acceptors (Lipinski definition) is 2. The zero-order valence-corrected chi connectivity index (χ0v) is 7.42. The summed E-state index contributed by atoms with van der Waals surface area (Å²) in [6, 6.07) is 9.19. The van der Waals surface area contributed by atoms with Gasteiger partial charge in [-0.2, -0.15) is 0 Å². The Balaban J connectivity index is 2.77. The van der Waals surface area contributed by atoms with Crippen molar-refractivity contribution in [3.8, 4) is 0 Å². The Labute approximate surface area is 67.1 Å². The molecule has 2 nitrogen and oxygen atoms in total. The number of rotatable bonds is 2. The molecule has 0 unspecified atom stereocenters. The van der Waals surface area contributed by atoms with E-state index in [-0.39, 0.29) is 17.5 Å². The first kappa shape index (κ1) is 7.88. The fraction of sp³-hybridized carbons (Fsp3) is 0. The van der Waals surface area contributed by atoms with Crippen molar-refractivity contribution in [3.05, 3.63) is 30.3 Å². The molecule has 56 valence electrons. The molecule has 1 rings (SSSR count). The Bertz CT molecular complexity index is 260. The molecular weight excluding hydrogens is 241 g/mol. The predicted molar refractivity (Wildman–Crippen MR) is 34.4 cm³/mol. The van der Waals surface area contributed by atoms with E-state index in [0.717, 1.165) is 4.04 Å². The Morgan fingerprint density at radius 2 is 1.70 bits per heavy atom. The van der Waals surface area contributed by atoms with Gasteiger partial charge in [0.25, 0.3) is 0 Å². The van der Waals surface area contributed by atoms with Crippen LogP contribution in [0.1, 0.15) is 0 Å². The van der Waals surface area contributed by atoms with Crippen molar-refractivity contribution in [1.82, 2.24) is 0 Å². The van der Waals surface area contributed by atoms with Gasteiger partial charge in [0.15, 0.2) is 0 Å². The van der Waals surface area contributed by atoms with Crippen molar-refractivity contribution < 1.29 is 26.6 Å². The van der Waals surface area contributed by atoms with E-state index in [0.29, 0.717) is 0 Å². The SMILES string of the molecule is O=[P](=O)[Pd][c]1ccccc1. The topological polar surface area (TPSA) is 34.1 Å². The molecule has 0 atom stereocenters. The second-order valence-corrected chi connectivity index (χ2v) is 5.69. The maximum atomic E-state index is 10.2. The van der Waals surface area contributed by atoms with Crippen LogP contribution >= 0.6 is 5.87 Å². The molecule has 0 heterocycles. The zero-order chi connectivity index (χ0) is 7.40. The molecule has 0 fully saturated rings. The van der Waals surface area contributed by atoms with Crippen LogP contribution < -0.4 is 4.04 Å². The average Bonchev–Trinajstić information content (AvgIpc) is 1.88.